The highest BCUT2D eigenvalue weighted by Gasteiger charge is 2.66. The van der Waals surface area contributed by atoms with Gasteiger partial charge in [0, 0.05) is 56.1 Å². The van der Waals surface area contributed by atoms with Gasteiger partial charge in [0.2, 0.25) is 0 Å². The first-order chi connectivity index (χ1) is 19.6. The zero-order chi connectivity index (χ0) is 28.4. The molecule has 7 heteroatoms. The lowest BCUT2D eigenvalue weighted by Crippen LogP contribution is -2.61. The number of aromatic amines is 1. The average molecular weight is 555 g/mol. The Bertz CT molecular complexity index is 1510. The van der Waals surface area contributed by atoms with Crippen LogP contribution >= 0.6 is 0 Å². The molecule has 2 bridgehead atoms. The van der Waals surface area contributed by atoms with Gasteiger partial charge in [0.1, 0.15) is 22.7 Å². The first kappa shape index (κ1) is 26.6. The van der Waals surface area contributed by atoms with Crippen LogP contribution in [0.2, 0.25) is 0 Å². The summed E-state index contributed by atoms with van der Waals surface area (Å²) in [4.78, 5) is 25.1. The molecule has 1 saturated heterocycles. The van der Waals surface area contributed by atoms with Gasteiger partial charge in [-0.15, -0.1) is 0 Å². The summed E-state index contributed by atoms with van der Waals surface area (Å²) in [6.07, 6.45) is 11.6. The van der Waals surface area contributed by atoms with Crippen LogP contribution in [-0.4, -0.2) is 60.7 Å². The van der Waals surface area contributed by atoms with Gasteiger partial charge < -0.3 is 19.4 Å². The average Bonchev–Trinajstić information content (AvgIpc) is 3.40. The van der Waals surface area contributed by atoms with Gasteiger partial charge in [-0.2, -0.15) is 0 Å². The third kappa shape index (κ3) is 4.82. The Morgan fingerprint density at radius 2 is 1.83 bits per heavy atom. The molecule has 4 aliphatic carbocycles. The SMILES string of the molecule is COC(=O)c1ccc(N2CCN(CC3=C(C45CC(C)(C4)C5)CC(C)(C)CC3)CC2)cc1Oc1cnc2[nH]ccc2c1. The summed E-state index contributed by atoms with van der Waals surface area (Å²) >= 11 is 0. The van der Waals surface area contributed by atoms with Crippen molar-refractivity contribution in [3.05, 3.63) is 59.4 Å². The van der Waals surface area contributed by atoms with Crippen molar-refractivity contribution in [2.45, 2.75) is 59.3 Å². The van der Waals surface area contributed by atoms with E-state index >= 15 is 0 Å². The largest absolute Gasteiger partial charge is 0.465 e. The van der Waals surface area contributed by atoms with Crippen molar-refractivity contribution in [3.8, 4) is 11.5 Å². The first-order valence-corrected chi connectivity index (χ1v) is 15.2. The van der Waals surface area contributed by atoms with Gasteiger partial charge in [-0.1, -0.05) is 31.9 Å². The molecule has 0 amide bonds. The summed E-state index contributed by atoms with van der Waals surface area (Å²) < 4.78 is 11.3. The number of nitrogens with one attached hydrogen (secondary N) is 1. The number of hydrogen-bond acceptors (Lipinski definition) is 6. The van der Waals surface area contributed by atoms with Crippen LogP contribution < -0.4 is 9.64 Å². The lowest BCUT2D eigenvalue weighted by Gasteiger charge is -2.72. The molecule has 3 heterocycles. The monoisotopic (exact) mass is 554 g/mol. The van der Waals surface area contributed by atoms with Gasteiger partial charge in [0.05, 0.1) is 13.3 Å². The second-order valence-electron chi connectivity index (χ2n) is 14.2. The van der Waals surface area contributed by atoms with Crippen LogP contribution in [0.5, 0.6) is 11.5 Å². The molecule has 0 radical (unpaired) electrons. The maximum atomic E-state index is 12.6. The summed E-state index contributed by atoms with van der Waals surface area (Å²) in [7, 11) is 1.40. The summed E-state index contributed by atoms with van der Waals surface area (Å²) in [6, 6.07) is 9.67. The molecule has 3 aromatic rings. The summed E-state index contributed by atoms with van der Waals surface area (Å²) in [5, 5.41) is 0.956. The van der Waals surface area contributed by atoms with E-state index in [1.807, 2.05) is 42.1 Å². The van der Waals surface area contributed by atoms with Gasteiger partial charge in [-0.05, 0) is 79.0 Å². The fourth-order valence-electron chi connectivity index (χ4n) is 8.29. The van der Waals surface area contributed by atoms with E-state index in [1.54, 1.807) is 11.8 Å². The van der Waals surface area contributed by atoms with Crippen molar-refractivity contribution < 1.29 is 14.3 Å². The first-order valence-electron chi connectivity index (χ1n) is 15.2. The number of hydrogen-bond donors (Lipinski definition) is 1. The normalized spacial score (nSPS) is 27.4. The lowest BCUT2D eigenvalue weighted by atomic mass is 9.33. The Hall–Kier alpha value is -3.32. The molecule has 2 aromatic heterocycles. The van der Waals surface area contributed by atoms with E-state index in [0.717, 1.165) is 49.4 Å². The number of ether oxygens (including phenoxy) is 2. The molecule has 0 unspecified atom stereocenters. The van der Waals surface area contributed by atoms with Gasteiger partial charge in [0.15, 0.2) is 0 Å². The van der Waals surface area contributed by atoms with Crippen molar-refractivity contribution in [1.82, 2.24) is 14.9 Å². The number of allylic oxidation sites excluding steroid dienone is 1. The molecule has 4 fully saturated rings. The van der Waals surface area contributed by atoms with E-state index in [9.17, 15) is 4.79 Å². The van der Waals surface area contributed by atoms with Gasteiger partial charge in [0.25, 0.3) is 0 Å². The molecule has 1 N–H and O–H groups in total. The second-order valence-corrected chi connectivity index (χ2v) is 14.2. The molecule has 1 aromatic carbocycles. The van der Waals surface area contributed by atoms with Crippen LogP contribution in [0, 0.1) is 16.2 Å². The van der Waals surface area contributed by atoms with E-state index in [2.05, 4.69) is 40.5 Å². The number of rotatable bonds is 7. The third-order valence-electron chi connectivity index (χ3n) is 10.2. The molecule has 5 aliphatic rings. The van der Waals surface area contributed by atoms with Crippen LogP contribution in [0.1, 0.15) is 69.7 Å². The number of pyridine rings is 1. The molecule has 41 heavy (non-hydrogen) atoms. The highest BCUT2D eigenvalue weighted by Crippen LogP contribution is 2.77. The predicted molar refractivity (Wildman–Crippen MR) is 162 cm³/mol. The summed E-state index contributed by atoms with van der Waals surface area (Å²) in [5.41, 5.74) is 7.49. The quantitative estimate of drug-likeness (QED) is 0.251. The number of fused-ring (bicyclic) bond motifs is 1. The molecule has 7 nitrogen and oxygen atoms in total. The predicted octanol–water partition coefficient (Wildman–Crippen LogP) is 6.96. The molecular formula is C34H42N4O3. The van der Waals surface area contributed by atoms with Gasteiger partial charge in [-0.3, -0.25) is 4.90 Å². The van der Waals surface area contributed by atoms with Crippen molar-refractivity contribution in [1.29, 1.82) is 0 Å². The number of carbonyl (C=O) groups excluding carboxylic acids is 1. The van der Waals surface area contributed by atoms with Crippen LogP contribution in [0.15, 0.2) is 53.9 Å². The van der Waals surface area contributed by atoms with Crippen LogP contribution in [0.3, 0.4) is 0 Å². The summed E-state index contributed by atoms with van der Waals surface area (Å²) in [6.45, 7) is 12.5. The molecule has 216 valence electrons. The Balaban J connectivity index is 1.06. The number of methoxy groups -OCH3 is 1. The highest BCUT2D eigenvalue weighted by atomic mass is 16.5. The maximum Gasteiger partial charge on any atom is 0.341 e. The zero-order valence-electron chi connectivity index (χ0n) is 24.9. The van der Waals surface area contributed by atoms with E-state index in [4.69, 9.17) is 9.47 Å². The number of piperazine rings is 1. The van der Waals surface area contributed by atoms with E-state index in [1.165, 1.54) is 45.6 Å². The third-order valence-corrected chi connectivity index (χ3v) is 10.2. The van der Waals surface area contributed by atoms with Crippen molar-refractivity contribution in [2.75, 3.05) is 44.7 Å². The number of anilines is 1. The Morgan fingerprint density at radius 1 is 1.05 bits per heavy atom. The topological polar surface area (TPSA) is 70.7 Å². The highest BCUT2D eigenvalue weighted by molar-refractivity contribution is 5.93. The van der Waals surface area contributed by atoms with Gasteiger partial charge >= 0.3 is 5.97 Å². The molecule has 0 spiro atoms. The minimum absolute atomic E-state index is 0.409. The standard InChI is InChI=1S/C34H42N4O3/c1-32(2)9-7-24(28(17-32)34-20-33(3,21-34)22-34)19-37-11-13-38(14-12-37)25-5-6-27(31(39)40-4)29(16-25)41-26-15-23-8-10-35-30(23)36-18-26/h5-6,8,10,15-16,18H,7,9,11-14,17,19-22H2,1-4H3,(H,35,36). The second kappa shape index (κ2) is 9.62. The Kier molecular flexibility index (Phi) is 6.23. The van der Waals surface area contributed by atoms with E-state index < -0.39 is 5.97 Å². The van der Waals surface area contributed by atoms with Crippen LogP contribution in [0.25, 0.3) is 11.0 Å². The van der Waals surface area contributed by atoms with Crippen molar-refractivity contribution in [2.24, 2.45) is 16.2 Å². The van der Waals surface area contributed by atoms with E-state index in [0.29, 0.717) is 33.3 Å². The minimum atomic E-state index is -0.413. The number of nitrogens with zero attached hydrogens (tertiary/aromatic N) is 3. The fourth-order valence-corrected chi connectivity index (χ4v) is 8.29. The van der Waals surface area contributed by atoms with Gasteiger partial charge in [-0.25, -0.2) is 9.78 Å². The van der Waals surface area contributed by atoms with E-state index in [-0.39, 0.29) is 0 Å². The molecule has 8 rings (SSSR count). The Labute approximate surface area is 242 Å². The maximum absolute atomic E-state index is 12.6. The number of aromatic nitrogens is 2. The van der Waals surface area contributed by atoms with Crippen molar-refractivity contribution in [3.63, 3.8) is 0 Å². The molecular weight excluding hydrogens is 512 g/mol. The number of benzene rings is 1. The number of H-pyrrole nitrogens is 1. The minimum Gasteiger partial charge on any atom is -0.465 e. The van der Waals surface area contributed by atoms with Crippen molar-refractivity contribution >= 4 is 22.7 Å². The zero-order valence-corrected chi connectivity index (χ0v) is 24.9. The Morgan fingerprint density at radius 3 is 2.56 bits per heavy atom. The van der Waals surface area contributed by atoms with Crippen LogP contribution in [-0.2, 0) is 4.74 Å². The molecule has 3 saturated carbocycles. The molecule has 0 atom stereocenters. The number of esters is 1. The number of carbonyl (C=O) groups is 1. The smallest absolute Gasteiger partial charge is 0.341 e. The lowest BCUT2D eigenvalue weighted by molar-refractivity contribution is -0.167. The van der Waals surface area contributed by atoms with Crippen LogP contribution in [0.4, 0.5) is 5.69 Å². The fraction of sp³-hybridized carbons (Fsp3) is 0.529. The summed E-state index contributed by atoms with van der Waals surface area (Å²) in [5.74, 6) is 0.659. The molecule has 1 aliphatic heterocycles.